The average molecular weight is 315 g/mol. The number of nitrogens with one attached hydrogen (secondary N) is 1. The van der Waals surface area contributed by atoms with E-state index in [2.05, 4.69) is 4.72 Å². The van der Waals surface area contributed by atoms with Crippen molar-refractivity contribution in [3.05, 3.63) is 30.1 Å². The summed E-state index contributed by atoms with van der Waals surface area (Å²) < 4.78 is 51.3. The van der Waals surface area contributed by atoms with E-state index in [9.17, 15) is 12.8 Å². The molecule has 1 aromatic carbocycles. The van der Waals surface area contributed by atoms with E-state index in [1.165, 1.54) is 12.1 Å². The van der Waals surface area contributed by atoms with Crippen LogP contribution in [0.25, 0.3) is 0 Å². The van der Waals surface area contributed by atoms with Crippen LogP contribution in [0, 0.1) is 5.82 Å². The highest BCUT2D eigenvalue weighted by Gasteiger charge is 2.35. The van der Waals surface area contributed by atoms with Gasteiger partial charge in [-0.25, -0.2) is 17.5 Å². The fourth-order valence-electron chi connectivity index (χ4n) is 2.87. The Morgan fingerprint density at radius 2 is 1.71 bits per heavy atom. The summed E-state index contributed by atoms with van der Waals surface area (Å²) in [5.74, 6) is -0.456. The van der Waals surface area contributed by atoms with Crippen molar-refractivity contribution < 1.29 is 22.3 Å². The Hall–Kier alpha value is -1.02. The molecule has 1 N–H and O–H groups in total. The summed E-state index contributed by atoms with van der Waals surface area (Å²) in [7, 11) is -3.63. The minimum absolute atomic E-state index is 0.0478. The molecule has 1 saturated carbocycles. The van der Waals surface area contributed by atoms with E-state index in [-0.39, 0.29) is 23.1 Å². The molecule has 0 radical (unpaired) electrons. The monoisotopic (exact) mass is 315 g/mol. The van der Waals surface area contributed by atoms with Gasteiger partial charge in [0.15, 0.2) is 0 Å². The van der Waals surface area contributed by atoms with Gasteiger partial charge in [-0.15, -0.1) is 0 Å². The number of hydrogen-bond acceptors (Lipinski definition) is 4. The second-order valence-electron chi connectivity index (χ2n) is 5.40. The molecule has 7 heteroatoms. The van der Waals surface area contributed by atoms with E-state index < -0.39 is 15.8 Å². The average Bonchev–Trinajstić information content (AvgIpc) is 2.47. The zero-order chi connectivity index (χ0) is 14.9. The summed E-state index contributed by atoms with van der Waals surface area (Å²) >= 11 is 0. The van der Waals surface area contributed by atoms with Crippen LogP contribution in [0.4, 0.5) is 4.39 Å². The van der Waals surface area contributed by atoms with Gasteiger partial charge in [-0.2, -0.15) is 0 Å². The molecule has 0 spiro atoms. The summed E-state index contributed by atoms with van der Waals surface area (Å²) in [5, 5.41) is 0. The van der Waals surface area contributed by atoms with E-state index in [1.54, 1.807) is 0 Å². The van der Waals surface area contributed by atoms with Crippen molar-refractivity contribution in [2.75, 3.05) is 13.2 Å². The molecule has 1 aliphatic carbocycles. The molecule has 116 valence electrons. The predicted octanol–water partition coefficient (Wildman–Crippen LogP) is 1.44. The zero-order valence-electron chi connectivity index (χ0n) is 11.5. The van der Waals surface area contributed by atoms with Gasteiger partial charge < -0.3 is 9.47 Å². The number of fused-ring (bicyclic) bond motifs is 1. The van der Waals surface area contributed by atoms with E-state index >= 15 is 0 Å². The number of sulfonamides is 1. The number of rotatable bonds is 3. The first-order valence-corrected chi connectivity index (χ1v) is 8.54. The second-order valence-corrected chi connectivity index (χ2v) is 7.12. The quantitative estimate of drug-likeness (QED) is 0.917. The Morgan fingerprint density at radius 1 is 1.05 bits per heavy atom. The lowest BCUT2D eigenvalue weighted by Crippen LogP contribution is -2.49. The van der Waals surface area contributed by atoms with Crippen molar-refractivity contribution in [2.24, 2.45) is 0 Å². The van der Waals surface area contributed by atoms with Crippen molar-refractivity contribution in [2.45, 2.75) is 42.4 Å². The van der Waals surface area contributed by atoms with Crippen molar-refractivity contribution in [3.8, 4) is 0 Å². The zero-order valence-corrected chi connectivity index (χ0v) is 12.3. The van der Waals surface area contributed by atoms with Gasteiger partial charge in [0.05, 0.1) is 30.3 Å². The van der Waals surface area contributed by atoms with Crippen LogP contribution >= 0.6 is 0 Å². The Kier molecular flexibility index (Phi) is 4.26. The minimum Gasteiger partial charge on any atom is -0.373 e. The normalized spacial score (nSPS) is 29.9. The third kappa shape index (κ3) is 3.42. The van der Waals surface area contributed by atoms with Crippen LogP contribution < -0.4 is 4.72 Å². The lowest BCUT2D eigenvalue weighted by atomic mass is 9.90. The Morgan fingerprint density at radius 3 is 2.43 bits per heavy atom. The van der Waals surface area contributed by atoms with Crippen LogP contribution in [-0.4, -0.2) is 39.9 Å². The van der Waals surface area contributed by atoms with Crippen LogP contribution in [-0.2, 0) is 19.5 Å². The first-order chi connectivity index (χ1) is 10.0. The summed E-state index contributed by atoms with van der Waals surface area (Å²) in [6.45, 7) is 1.16. The van der Waals surface area contributed by atoms with Crippen molar-refractivity contribution in [3.63, 3.8) is 0 Å². The summed E-state index contributed by atoms with van der Waals surface area (Å²) in [4.78, 5) is 0.0758. The SMILES string of the molecule is O=S(=O)(NC1CCC2OCCOC2C1)c1ccc(F)cc1. The molecule has 2 aliphatic rings. The van der Waals surface area contributed by atoms with Gasteiger partial charge in [0.1, 0.15) is 5.82 Å². The molecule has 3 unspecified atom stereocenters. The minimum atomic E-state index is -3.63. The molecule has 0 amide bonds. The maximum atomic E-state index is 12.9. The highest BCUT2D eigenvalue weighted by atomic mass is 32.2. The fraction of sp³-hybridized carbons (Fsp3) is 0.571. The fourth-order valence-corrected chi connectivity index (χ4v) is 4.16. The van der Waals surface area contributed by atoms with Crippen molar-refractivity contribution in [1.82, 2.24) is 4.72 Å². The van der Waals surface area contributed by atoms with Crippen LogP contribution in [0.3, 0.4) is 0 Å². The Bertz CT molecular complexity index is 589. The highest BCUT2D eigenvalue weighted by molar-refractivity contribution is 7.89. The standard InChI is InChI=1S/C14H18FNO4S/c15-10-1-4-12(5-2-10)21(17,18)16-11-3-6-13-14(9-11)20-8-7-19-13/h1-2,4-5,11,13-14,16H,3,6-9H2. The molecule has 1 heterocycles. The molecule has 1 saturated heterocycles. The van der Waals surface area contributed by atoms with Gasteiger partial charge >= 0.3 is 0 Å². The predicted molar refractivity (Wildman–Crippen MR) is 73.8 cm³/mol. The number of benzene rings is 1. The summed E-state index contributed by atoms with van der Waals surface area (Å²) in [6.07, 6.45) is 2.12. The molecule has 3 rings (SSSR count). The number of hydrogen-bond donors (Lipinski definition) is 1. The molecular formula is C14H18FNO4S. The Labute approximate surface area is 123 Å². The second kappa shape index (κ2) is 6.00. The van der Waals surface area contributed by atoms with E-state index in [0.29, 0.717) is 26.1 Å². The van der Waals surface area contributed by atoms with E-state index in [4.69, 9.17) is 9.47 Å². The summed E-state index contributed by atoms with van der Waals surface area (Å²) in [6, 6.07) is 4.64. The maximum absolute atomic E-state index is 12.9. The molecule has 2 fully saturated rings. The third-order valence-electron chi connectivity index (χ3n) is 3.92. The van der Waals surface area contributed by atoms with Gasteiger partial charge in [-0.3, -0.25) is 0 Å². The van der Waals surface area contributed by atoms with Crippen molar-refractivity contribution >= 4 is 10.0 Å². The largest absolute Gasteiger partial charge is 0.373 e. The van der Waals surface area contributed by atoms with E-state index in [0.717, 1.165) is 18.6 Å². The van der Waals surface area contributed by atoms with E-state index in [1.807, 2.05) is 0 Å². The summed E-state index contributed by atoms with van der Waals surface area (Å²) in [5.41, 5.74) is 0. The molecule has 0 bridgehead atoms. The lowest BCUT2D eigenvalue weighted by molar-refractivity contribution is -0.156. The van der Waals surface area contributed by atoms with Gasteiger partial charge in [-0.05, 0) is 43.5 Å². The molecule has 5 nitrogen and oxygen atoms in total. The smallest absolute Gasteiger partial charge is 0.240 e. The topological polar surface area (TPSA) is 64.6 Å². The molecule has 0 aromatic heterocycles. The Balaban J connectivity index is 1.67. The molecule has 21 heavy (non-hydrogen) atoms. The van der Waals surface area contributed by atoms with Gasteiger partial charge in [0.2, 0.25) is 10.0 Å². The molecule has 1 aromatic rings. The van der Waals surface area contributed by atoms with Gasteiger partial charge in [-0.1, -0.05) is 0 Å². The van der Waals surface area contributed by atoms with Crippen LogP contribution in [0.2, 0.25) is 0 Å². The molecule has 1 aliphatic heterocycles. The first-order valence-electron chi connectivity index (χ1n) is 7.06. The van der Waals surface area contributed by atoms with Crippen LogP contribution in [0.1, 0.15) is 19.3 Å². The van der Waals surface area contributed by atoms with Crippen LogP contribution in [0.15, 0.2) is 29.2 Å². The lowest BCUT2D eigenvalue weighted by Gasteiger charge is -2.38. The third-order valence-corrected chi connectivity index (χ3v) is 5.46. The molecule has 3 atom stereocenters. The maximum Gasteiger partial charge on any atom is 0.240 e. The highest BCUT2D eigenvalue weighted by Crippen LogP contribution is 2.27. The van der Waals surface area contributed by atoms with Gasteiger partial charge in [0.25, 0.3) is 0 Å². The van der Waals surface area contributed by atoms with Crippen molar-refractivity contribution in [1.29, 1.82) is 0 Å². The van der Waals surface area contributed by atoms with Gasteiger partial charge in [0, 0.05) is 6.04 Å². The van der Waals surface area contributed by atoms with Crippen LogP contribution in [0.5, 0.6) is 0 Å². The number of ether oxygens (including phenoxy) is 2. The first kappa shape index (κ1) is 14.9. The number of halogens is 1. The molecular weight excluding hydrogens is 297 g/mol.